The minimum atomic E-state index is -0.0170. The van der Waals surface area contributed by atoms with E-state index in [1.54, 1.807) is 26.4 Å². The Bertz CT molecular complexity index is 654. The molecule has 0 unspecified atom stereocenters. The summed E-state index contributed by atoms with van der Waals surface area (Å²) in [6.07, 6.45) is 1.02. The number of nitrogens with two attached hydrogens (primary N) is 1. The third-order valence-electron chi connectivity index (χ3n) is 3.55. The summed E-state index contributed by atoms with van der Waals surface area (Å²) in [7, 11) is 3.25. The van der Waals surface area contributed by atoms with Gasteiger partial charge >= 0.3 is 0 Å². The molecule has 0 bridgehead atoms. The number of nitrogen functional groups attached to an aromatic ring is 1. The number of hydrogen-bond acceptors (Lipinski definition) is 4. The van der Waals surface area contributed by atoms with Crippen LogP contribution in [-0.2, 0) is 17.6 Å². The fourth-order valence-corrected chi connectivity index (χ4v) is 2.30. The summed E-state index contributed by atoms with van der Waals surface area (Å²) in [5.74, 6) is 1.55. The Hall–Kier alpha value is -2.69. The van der Waals surface area contributed by atoms with E-state index in [1.165, 1.54) is 0 Å². The number of carbonyl (C=O) groups is 1. The van der Waals surface area contributed by atoms with E-state index in [2.05, 4.69) is 5.32 Å². The molecule has 0 saturated heterocycles. The van der Waals surface area contributed by atoms with Gasteiger partial charge in [0.2, 0.25) is 5.91 Å². The van der Waals surface area contributed by atoms with Gasteiger partial charge in [0.15, 0.2) is 0 Å². The van der Waals surface area contributed by atoms with Gasteiger partial charge in [0.25, 0.3) is 0 Å². The fourth-order valence-electron chi connectivity index (χ4n) is 2.30. The van der Waals surface area contributed by atoms with E-state index in [9.17, 15) is 4.79 Å². The van der Waals surface area contributed by atoms with Gasteiger partial charge in [-0.1, -0.05) is 12.1 Å². The van der Waals surface area contributed by atoms with Crippen molar-refractivity contribution in [3.63, 3.8) is 0 Å². The SMILES string of the molecule is COc1ccc(OC)c(CCNC(=O)Cc2ccc(N)cc2)c1. The van der Waals surface area contributed by atoms with E-state index < -0.39 is 0 Å². The average Bonchev–Trinajstić information content (AvgIpc) is 2.57. The molecule has 2 rings (SSSR count). The summed E-state index contributed by atoms with van der Waals surface area (Å²) in [6.45, 7) is 0.539. The Balaban J connectivity index is 1.86. The molecule has 2 aromatic rings. The second-order valence-corrected chi connectivity index (χ2v) is 5.20. The average molecular weight is 314 g/mol. The van der Waals surface area contributed by atoms with Crippen molar-refractivity contribution in [1.82, 2.24) is 5.32 Å². The largest absolute Gasteiger partial charge is 0.497 e. The Morgan fingerprint density at radius 1 is 1.09 bits per heavy atom. The molecule has 0 aliphatic rings. The van der Waals surface area contributed by atoms with Gasteiger partial charge in [-0.3, -0.25) is 4.79 Å². The number of methoxy groups -OCH3 is 2. The number of carbonyl (C=O) groups excluding carboxylic acids is 1. The monoisotopic (exact) mass is 314 g/mol. The Morgan fingerprint density at radius 3 is 2.48 bits per heavy atom. The quantitative estimate of drug-likeness (QED) is 0.768. The highest BCUT2D eigenvalue weighted by atomic mass is 16.5. The van der Waals surface area contributed by atoms with Crippen LogP contribution in [0.25, 0.3) is 0 Å². The van der Waals surface area contributed by atoms with Crippen molar-refractivity contribution in [2.45, 2.75) is 12.8 Å². The first kappa shape index (κ1) is 16.7. The lowest BCUT2D eigenvalue weighted by atomic mass is 10.1. The lowest BCUT2D eigenvalue weighted by molar-refractivity contribution is -0.120. The van der Waals surface area contributed by atoms with Gasteiger partial charge in [-0.05, 0) is 47.9 Å². The molecule has 0 aliphatic heterocycles. The van der Waals surface area contributed by atoms with E-state index >= 15 is 0 Å². The first-order valence-electron chi connectivity index (χ1n) is 7.44. The normalized spacial score (nSPS) is 10.2. The molecule has 0 saturated carbocycles. The van der Waals surface area contributed by atoms with Crippen LogP contribution in [-0.4, -0.2) is 26.7 Å². The van der Waals surface area contributed by atoms with Crippen molar-refractivity contribution in [3.05, 3.63) is 53.6 Å². The van der Waals surface area contributed by atoms with Crippen LogP contribution in [0.1, 0.15) is 11.1 Å². The summed E-state index contributed by atoms with van der Waals surface area (Å²) >= 11 is 0. The first-order valence-corrected chi connectivity index (χ1v) is 7.44. The molecule has 1 amide bonds. The number of ether oxygens (including phenoxy) is 2. The maximum atomic E-state index is 12.0. The predicted octanol–water partition coefficient (Wildman–Crippen LogP) is 2.19. The molecule has 5 heteroatoms. The molecular weight excluding hydrogens is 292 g/mol. The van der Waals surface area contributed by atoms with Crippen LogP contribution in [0, 0.1) is 0 Å². The molecule has 0 spiro atoms. The molecular formula is C18H22N2O3. The summed E-state index contributed by atoms with van der Waals surface area (Å²) in [5, 5.41) is 2.92. The Labute approximate surface area is 136 Å². The molecule has 0 fully saturated rings. The van der Waals surface area contributed by atoms with Gasteiger partial charge in [0.1, 0.15) is 11.5 Å². The van der Waals surface area contributed by atoms with Crippen molar-refractivity contribution in [3.8, 4) is 11.5 Å². The van der Waals surface area contributed by atoms with Gasteiger partial charge in [-0.25, -0.2) is 0 Å². The van der Waals surface area contributed by atoms with E-state index in [0.29, 0.717) is 25.1 Å². The Kier molecular flexibility index (Phi) is 5.86. The molecule has 5 nitrogen and oxygen atoms in total. The zero-order chi connectivity index (χ0) is 16.7. The lowest BCUT2D eigenvalue weighted by Crippen LogP contribution is -2.27. The standard InChI is InChI=1S/C18H22N2O3/c1-22-16-7-8-17(23-2)14(12-16)9-10-20-18(21)11-13-3-5-15(19)6-4-13/h3-8,12H,9-11,19H2,1-2H3,(H,20,21). The predicted molar refractivity (Wildman–Crippen MR) is 90.8 cm³/mol. The van der Waals surface area contributed by atoms with E-state index in [1.807, 2.05) is 30.3 Å². The molecule has 0 radical (unpaired) electrons. The third kappa shape index (κ3) is 4.92. The Morgan fingerprint density at radius 2 is 1.83 bits per heavy atom. The summed E-state index contributed by atoms with van der Waals surface area (Å²) < 4.78 is 10.5. The van der Waals surface area contributed by atoms with Gasteiger partial charge in [-0.2, -0.15) is 0 Å². The fraction of sp³-hybridized carbons (Fsp3) is 0.278. The molecule has 0 heterocycles. The zero-order valence-electron chi connectivity index (χ0n) is 13.5. The van der Waals surface area contributed by atoms with Gasteiger partial charge in [-0.15, -0.1) is 0 Å². The van der Waals surface area contributed by atoms with Crippen LogP contribution < -0.4 is 20.5 Å². The summed E-state index contributed by atoms with van der Waals surface area (Å²) in [6, 6.07) is 12.9. The maximum Gasteiger partial charge on any atom is 0.224 e. The van der Waals surface area contributed by atoms with Crippen LogP contribution in [0.5, 0.6) is 11.5 Å². The minimum Gasteiger partial charge on any atom is -0.497 e. The number of nitrogens with one attached hydrogen (secondary N) is 1. The highest BCUT2D eigenvalue weighted by molar-refractivity contribution is 5.78. The zero-order valence-corrected chi connectivity index (χ0v) is 13.5. The van der Waals surface area contributed by atoms with E-state index in [4.69, 9.17) is 15.2 Å². The topological polar surface area (TPSA) is 73.6 Å². The third-order valence-corrected chi connectivity index (χ3v) is 3.55. The smallest absolute Gasteiger partial charge is 0.224 e. The minimum absolute atomic E-state index is 0.0170. The molecule has 23 heavy (non-hydrogen) atoms. The van der Waals surface area contributed by atoms with E-state index in [0.717, 1.165) is 22.6 Å². The van der Waals surface area contributed by atoms with Crippen molar-refractivity contribution < 1.29 is 14.3 Å². The van der Waals surface area contributed by atoms with Crippen molar-refractivity contribution >= 4 is 11.6 Å². The van der Waals surface area contributed by atoms with Crippen molar-refractivity contribution in [2.24, 2.45) is 0 Å². The molecule has 0 aliphatic carbocycles. The van der Waals surface area contributed by atoms with Gasteiger partial charge in [0, 0.05) is 12.2 Å². The van der Waals surface area contributed by atoms with E-state index in [-0.39, 0.29) is 5.91 Å². The van der Waals surface area contributed by atoms with Gasteiger partial charge in [0.05, 0.1) is 20.6 Å². The van der Waals surface area contributed by atoms with Crippen LogP contribution in [0.2, 0.25) is 0 Å². The maximum absolute atomic E-state index is 12.0. The highest BCUT2D eigenvalue weighted by Gasteiger charge is 2.07. The van der Waals surface area contributed by atoms with Crippen LogP contribution >= 0.6 is 0 Å². The molecule has 122 valence electrons. The first-order chi connectivity index (χ1) is 11.1. The molecule has 0 aromatic heterocycles. The van der Waals surface area contributed by atoms with Crippen LogP contribution in [0.3, 0.4) is 0 Å². The number of benzene rings is 2. The molecule has 0 atom stereocenters. The van der Waals surface area contributed by atoms with Crippen molar-refractivity contribution in [2.75, 3.05) is 26.5 Å². The summed E-state index contributed by atoms with van der Waals surface area (Å²) in [4.78, 5) is 12.0. The second kappa shape index (κ2) is 8.08. The molecule has 3 N–H and O–H groups in total. The van der Waals surface area contributed by atoms with Crippen LogP contribution in [0.15, 0.2) is 42.5 Å². The summed E-state index contributed by atoms with van der Waals surface area (Å²) in [5.41, 5.74) is 8.26. The van der Waals surface area contributed by atoms with Crippen LogP contribution in [0.4, 0.5) is 5.69 Å². The number of rotatable bonds is 7. The number of anilines is 1. The number of amides is 1. The second-order valence-electron chi connectivity index (χ2n) is 5.20. The lowest BCUT2D eigenvalue weighted by Gasteiger charge is -2.11. The molecule has 2 aromatic carbocycles. The van der Waals surface area contributed by atoms with Crippen molar-refractivity contribution in [1.29, 1.82) is 0 Å². The van der Waals surface area contributed by atoms with Gasteiger partial charge < -0.3 is 20.5 Å². The number of hydrogen-bond donors (Lipinski definition) is 2. The highest BCUT2D eigenvalue weighted by Crippen LogP contribution is 2.24.